The van der Waals surface area contributed by atoms with Gasteiger partial charge in [0.1, 0.15) is 6.10 Å². The van der Waals surface area contributed by atoms with Crippen LogP contribution < -0.4 is 0 Å². The van der Waals surface area contributed by atoms with Crippen LogP contribution in [0.15, 0.2) is 39.4 Å². The number of benzene rings is 1. The summed E-state index contributed by atoms with van der Waals surface area (Å²) in [6, 6.07) is 7.95. The summed E-state index contributed by atoms with van der Waals surface area (Å²) in [4.78, 5) is 2.10. The molecule has 1 unspecified atom stereocenters. The highest BCUT2D eigenvalue weighted by Gasteiger charge is 2.19. The number of rotatable bonds is 6. The molecule has 4 nitrogen and oxygen atoms in total. The fourth-order valence-corrected chi connectivity index (χ4v) is 3.15. The van der Waals surface area contributed by atoms with Gasteiger partial charge in [-0.05, 0) is 41.7 Å². The molecule has 0 amide bonds. The molecule has 1 atom stereocenters. The number of aliphatic hydroxyl groups is 1. The Morgan fingerprint density at radius 1 is 1.24 bits per heavy atom. The Hall–Kier alpha value is -0.690. The van der Waals surface area contributed by atoms with Gasteiger partial charge in [0.25, 0.3) is 0 Å². The average Bonchev–Trinajstić information content (AvgIpc) is 2.80. The van der Waals surface area contributed by atoms with E-state index in [1.807, 2.05) is 43.0 Å². The molecule has 114 valence electrons. The Bertz CT molecular complexity index is 598. The van der Waals surface area contributed by atoms with Crippen LogP contribution in [-0.2, 0) is 13.0 Å². The second-order valence-electron chi connectivity index (χ2n) is 5.22. The van der Waals surface area contributed by atoms with Crippen molar-refractivity contribution in [2.24, 2.45) is 0 Å². The fraction of sp³-hybridized carbons (Fsp3) is 0.400. The van der Waals surface area contributed by atoms with Crippen LogP contribution in [-0.4, -0.2) is 40.4 Å². The number of nitrogens with zero attached hydrogens (tertiary/aromatic N) is 3. The van der Waals surface area contributed by atoms with Gasteiger partial charge in [0.2, 0.25) is 0 Å². The summed E-state index contributed by atoms with van der Waals surface area (Å²) >= 11 is 7.01. The Labute approximate surface area is 142 Å². The van der Waals surface area contributed by atoms with Crippen molar-refractivity contribution < 1.29 is 5.11 Å². The molecule has 0 bridgehead atoms. The molecule has 0 aliphatic carbocycles. The summed E-state index contributed by atoms with van der Waals surface area (Å²) in [5, 5.41) is 14.9. The Kier molecular flexibility index (Phi) is 5.98. The monoisotopic (exact) mass is 415 g/mol. The number of likely N-dealkylation sites (N-methyl/N-ethyl adjacent to an activating group) is 1. The van der Waals surface area contributed by atoms with Crippen molar-refractivity contribution >= 4 is 31.9 Å². The van der Waals surface area contributed by atoms with E-state index >= 15 is 0 Å². The van der Waals surface area contributed by atoms with Crippen LogP contribution >= 0.6 is 31.9 Å². The highest BCUT2D eigenvalue weighted by Crippen LogP contribution is 2.28. The molecule has 1 heterocycles. The van der Waals surface area contributed by atoms with E-state index in [4.69, 9.17) is 0 Å². The molecular formula is C15H19Br2N3O. The molecule has 1 aromatic heterocycles. The Morgan fingerprint density at radius 3 is 2.62 bits per heavy atom. The zero-order chi connectivity index (χ0) is 15.4. The number of halogens is 2. The van der Waals surface area contributed by atoms with Crippen LogP contribution in [0.5, 0.6) is 0 Å². The highest BCUT2D eigenvalue weighted by atomic mass is 79.9. The number of aromatic nitrogens is 2. The van der Waals surface area contributed by atoms with Gasteiger partial charge >= 0.3 is 0 Å². The van der Waals surface area contributed by atoms with E-state index < -0.39 is 6.10 Å². The summed E-state index contributed by atoms with van der Waals surface area (Å²) in [6.07, 6.45) is 1.70. The molecule has 0 radical (unpaired) electrons. The van der Waals surface area contributed by atoms with Gasteiger partial charge in [-0.25, -0.2) is 0 Å². The van der Waals surface area contributed by atoms with E-state index in [1.54, 1.807) is 6.20 Å². The minimum absolute atomic E-state index is 0.549. The lowest BCUT2D eigenvalue weighted by Gasteiger charge is -2.16. The maximum absolute atomic E-state index is 10.6. The smallest absolute Gasteiger partial charge is 0.101 e. The van der Waals surface area contributed by atoms with Crippen LogP contribution in [0.2, 0.25) is 0 Å². The van der Waals surface area contributed by atoms with E-state index in [9.17, 15) is 5.11 Å². The SMILES string of the molecule is CN(C)CCn1ncc(Br)c1C(O)Cc1ccccc1Br. The lowest BCUT2D eigenvalue weighted by Crippen LogP contribution is -2.21. The van der Waals surface area contributed by atoms with Crippen LogP contribution in [0.3, 0.4) is 0 Å². The minimum atomic E-state index is -0.595. The maximum Gasteiger partial charge on any atom is 0.101 e. The predicted molar refractivity (Wildman–Crippen MR) is 91.3 cm³/mol. The Morgan fingerprint density at radius 2 is 1.95 bits per heavy atom. The van der Waals surface area contributed by atoms with Gasteiger partial charge in [0, 0.05) is 17.4 Å². The summed E-state index contributed by atoms with van der Waals surface area (Å²) in [6.45, 7) is 1.63. The van der Waals surface area contributed by atoms with Crippen molar-refractivity contribution in [3.8, 4) is 0 Å². The first-order valence-corrected chi connectivity index (χ1v) is 8.35. The molecule has 1 N–H and O–H groups in total. The van der Waals surface area contributed by atoms with Crippen molar-refractivity contribution in [2.45, 2.75) is 19.1 Å². The van der Waals surface area contributed by atoms with Gasteiger partial charge in [-0.2, -0.15) is 5.10 Å². The van der Waals surface area contributed by atoms with Crippen LogP contribution in [0.25, 0.3) is 0 Å². The summed E-state index contributed by atoms with van der Waals surface area (Å²) < 4.78 is 3.73. The van der Waals surface area contributed by atoms with Crippen molar-refractivity contribution in [1.82, 2.24) is 14.7 Å². The second-order valence-corrected chi connectivity index (χ2v) is 6.92. The van der Waals surface area contributed by atoms with Gasteiger partial charge in [-0.1, -0.05) is 34.1 Å². The topological polar surface area (TPSA) is 41.3 Å². The number of hydrogen-bond acceptors (Lipinski definition) is 3. The molecular weight excluding hydrogens is 398 g/mol. The first-order valence-electron chi connectivity index (χ1n) is 6.76. The second kappa shape index (κ2) is 7.54. The zero-order valence-corrected chi connectivity index (χ0v) is 15.3. The lowest BCUT2D eigenvalue weighted by molar-refractivity contribution is 0.164. The van der Waals surface area contributed by atoms with E-state index in [2.05, 4.69) is 41.9 Å². The van der Waals surface area contributed by atoms with Crippen LogP contribution in [0.1, 0.15) is 17.4 Å². The minimum Gasteiger partial charge on any atom is -0.386 e. The summed E-state index contributed by atoms with van der Waals surface area (Å²) in [7, 11) is 4.05. The third-order valence-electron chi connectivity index (χ3n) is 3.28. The first kappa shape index (κ1) is 16.7. The molecule has 1 aromatic carbocycles. The predicted octanol–water partition coefficient (Wildman–Crippen LogP) is 3.25. The van der Waals surface area contributed by atoms with E-state index in [-0.39, 0.29) is 0 Å². The molecule has 0 fully saturated rings. The molecule has 0 saturated carbocycles. The molecule has 2 aromatic rings. The van der Waals surface area contributed by atoms with Crippen molar-refractivity contribution in [1.29, 1.82) is 0 Å². The van der Waals surface area contributed by atoms with Crippen molar-refractivity contribution in [3.05, 3.63) is 50.7 Å². The molecule has 6 heteroatoms. The van der Waals surface area contributed by atoms with Gasteiger partial charge in [-0.15, -0.1) is 0 Å². The largest absolute Gasteiger partial charge is 0.386 e. The van der Waals surface area contributed by atoms with Crippen molar-refractivity contribution in [3.63, 3.8) is 0 Å². The van der Waals surface area contributed by atoms with E-state index in [0.717, 1.165) is 33.3 Å². The lowest BCUT2D eigenvalue weighted by atomic mass is 10.1. The number of hydrogen-bond donors (Lipinski definition) is 1. The van der Waals surface area contributed by atoms with Gasteiger partial charge < -0.3 is 10.0 Å². The number of aliphatic hydroxyl groups excluding tert-OH is 1. The Balaban J connectivity index is 2.17. The molecule has 0 aliphatic rings. The zero-order valence-electron chi connectivity index (χ0n) is 12.1. The van der Waals surface area contributed by atoms with Gasteiger partial charge in [0.15, 0.2) is 0 Å². The van der Waals surface area contributed by atoms with E-state index in [1.165, 1.54) is 0 Å². The molecule has 21 heavy (non-hydrogen) atoms. The van der Waals surface area contributed by atoms with Gasteiger partial charge in [-0.3, -0.25) is 4.68 Å². The van der Waals surface area contributed by atoms with Gasteiger partial charge in [0.05, 0.1) is 22.9 Å². The van der Waals surface area contributed by atoms with E-state index in [0.29, 0.717) is 6.42 Å². The van der Waals surface area contributed by atoms with Crippen LogP contribution in [0.4, 0.5) is 0 Å². The normalized spacial score (nSPS) is 12.9. The third kappa shape index (κ3) is 4.39. The van der Waals surface area contributed by atoms with Crippen LogP contribution in [0, 0.1) is 0 Å². The fourth-order valence-electron chi connectivity index (χ4n) is 2.15. The molecule has 2 rings (SSSR count). The molecule has 0 saturated heterocycles. The maximum atomic E-state index is 10.6. The third-order valence-corrected chi connectivity index (χ3v) is 4.66. The quantitative estimate of drug-likeness (QED) is 0.785. The van der Waals surface area contributed by atoms with Crippen molar-refractivity contribution in [2.75, 3.05) is 20.6 Å². The molecule has 0 spiro atoms. The standard InChI is InChI=1S/C15H19Br2N3O/c1-19(2)7-8-20-15(13(17)10-18-20)14(21)9-11-5-3-4-6-12(11)16/h3-6,10,14,21H,7-9H2,1-2H3. The summed E-state index contributed by atoms with van der Waals surface area (Å²) in [5.41, 5.74) is 1.91. The average molecular weight is 417 g/mol. The summed E-state index contributed by atoms with van der Waals surface area (Å²) in [5.74, 6) is 0. The molecule has 0 aliphatic heterocycles. The first-order chi connectivity index (χ1) is 9.99. The highest BCUT2D eigenvalue weighted by molar-refractivity contribution is 9.10.